The number of aromatic nitrogens is 4. The van der Waals surface area contributed by atoms with Crippen LogP contribution in [-0.4, -0.2) is 61.5 Å². The molecule has 4 aromatic rings. The van der Waals surface area contributed by atoms with Crippen LogP contribution in [0.25, 0.3) is 16.7 Å². The number of aliphatic imine (C=N–C) groups is 1. The molecule has 34 heavy (non-hydrogen) atoms. The number of hydrogen-bond donors (Lipinski definition) is 1. The first-order valence-electron chi connectivity index (χ1n) is 11.4. The van der Waals surface area contributed by atoms with E-state index in [0.29, 0.717) is 36.7 Å². The second-order valence-corrected chi connectivity index (χ2v) is 8.98. The molecule has 3 aromatic heterocycles. The van der Waals surface area contributed by atoms with Crippen LogP contribution in [0, 0.1) is 12.3 Å². The molecule has 1 aliphatic rings. The van der Waals surface area contributed by atoms with E-state index < -0.39 is 0 Å². The van der Waals surface area contributed by atoms with Gasteiger partial charge in [-0.2, -0.15) is 0 Å². The fraction of sp³-hybridized carbons (Fsp3) is 0.320. The molecule has 0 aliphatic carbocycles. The molecule has 174 valence electrons. The van der Waals surface area contributed by atoms with E-state index in [1.807, 2.05) is 58.7 Å². The zero-order valence-corrected chi connectivity index (χ0v) is 19.8. The second-order valence-electron chi connectivity index (χ2n) is 8.55. The summed E-state index contributed by atoms with van der Waals surface area (Å²) in [5.74, 6) is 0.959. The summed E-state index contributed by atoms with van der Waals surface area (Å²) >= 11 is 6.23. The van der Waals surface area contributed by atoms with E-state index in [1.54, 1.807) is 6.21 Å². The summed E-state index contributed by atoms with van der Waals surface area (Å²) in [6, 6.07) is 13.8. The largest absolute Gasteiger partial charge is 0.343 e. The molecule has 1 aromatic carbocycles. The smallest absolute Gasteiger partial charge is 0.224 e. The maximum Gasteiger partial charge on any atom is 0.224 e. The molecule has 0 radical (unpaired) electrons. The maximum atomic E-state index is 12.0. The van der Waals surface area contributed by atoms with Crippen LogP contribution in [0.2, 0.25) is 5.02 Å². The zero-order chi connectivity index (χ0) is 23.7. The van der Waals surface area contributed by atoms with Crippen LogP contribution in [0.3, 0.4) is 0 Å². The van der Waals surface area contributed by atoms with Crippen LogP contribution in [0.15, 0.2) is 47.5 Å². The number of amides is 1. The lowest BCUT2D eigenvalue weighted by Gasteiger charge is -2.30. The van der Waals surface area contributed by atoms with Gasteiger partial charge in [0.1, 0.15) is 5.82 Å². The molecular weight excluding hydrogens is 450 g/mol. The van der Waals surface area contributed by atoms with Gasteiger partial charge in [-0.3, -0.25) is 14.2 Å². The van der Waals surface area contributed by atoms with E-state index in [-0.39, 0.29) is 5.91 Å². The van der Waals surface area contributed by atoms with Crippen LogP contribution in [0.1, 0.15) is 36.3 Å². The van der Waals surface area contributed by atoms with Crippen LogP contribution in [0.5, 0.6) is 0 Å². The van der Waals surface area contributed by atoms with Crippen molar-refractivity contribution in [3.63, 3.8) is 0 Å². The monoisotopic (exact) mass is 475 g/mol. The molecule has 4 heterocycles. The van der Waals surface area contributed by atoms with Crippen molar-refractivity contribution in [3.8, 4) is 0 Å². The Hall–Kier alpha value is -3.52. The number of aryl methyl sites for hydroxylation is 1. The highest BCUT2D eigenvalue weighted by Crippen LogP contribution is 2.25. The van der Waals surface area contributed by atoms with Crippen LogP contribution >= 0.6 is 11.6 Å². The molecule has 1 amide bonds. The summed E-state index contributed by atoms with van der Waals surface area (Å²) in [6.07, 6.45) is 3.64. The molecule has 0 spiro atoms. The van der Waals surface area contributed by atoms with Gasteiger partial charge in [0.25, 0.3) is 0 Å². The normalized spacial score (nSPS) is 13.8. The van der Waals surface area contributed by atoms with E-state index in [2.05, 4.69) is 19.8 Å². The molecule has 0 bridgehead atoms. The number of halogens is 1. The number of pyridine rings is 1. The Bertz CT molecular complexity index is 1410. The van der Waals surface area contributed by atoms with Crippen LogP contribution < -0.4 is 0 Å². The average Bonchev–Trinajstić information content (AvgIpc) is 3.33. The Labute approximate surface area is 202 Å². The Morgan fingerprint density at radius 3 is 2.79 bits per heavy atom. The van der Waals surface area contributed by atoms with Crippen molar-refractivity contribution in [3.05, 3.63) is 64.6 Å². The van der Waals surface area contributed by atoms with Crippen molar-refractivity contribution in [2.24, 2.45) is 4.99 Å². The second kappa shape index (κ2) is 9.38. The zero-order valence-electron chi connectivity index (χ0n) is 19.0. The van der Waals surface area contributed by atoms with Crippen molar-refractivity contribution in [2.45, 2.75) is 32.7 Å². The average molecular weight is 476 g/mol. The minimum atomic E-state index is 0.161. The van der Waals surface area contributed by atoms with Gasteiger partial charge >= 0.3 is 0 Å². The fourth-order valence-corrected chi connectivity index (χ4v) is 4.53. The summed E-state index contributed by atoms with van der Waals surface area (Å²) in [4.78, 5) is 18.2. The summed E-state index contributed by atoms with van der Waals surface area (Å²) in [5.41, 5.74) is 5.04. The third kappa shape index (κ3) is 4.33. The van der Waals surface area contributed by atoms with E-state index >= 15 is 0 Å². The summed E-state index contributed by atoms with van der Waals surface area (Å²) in [7, 11) is 0. The lowest BCUT2D eigenvalue weighted by Crippen LogP contribution is -2.42. The number of benzene rings is 1. The van der Waals surface area contributed by atoms with Crippen LogP contribution in [0.4, 0.5) is 0 Å². The topological polar surface area (TPSA) is 91.6 Å². The first-order chi connectivity index (χ1) is 16.5. The SMILES string of the molecule is Cc1nnc2ccc3c(cc(C(=N)CC=NCCC(=O)N4CCC4)n3Cc3cccc(Cl)c3)n12. The summed E-state index contributed by atoms with van der Waals surface area (Å²) in [6.45, 7) is 4.69. The van der Waals surface area contributed by atoms with Gasteiger partial charge in [-0.05, 0) is 49.2 Å². The summed E-state index contributed by atoms with van der Waals surface area (Å²) < 4.78 is 4.14. The molecule has 1 aliphatic heterocycles. The fourth-order valence-electron chi connectivity index (χ4n) is 4.32. The predicted octanol–water partition coefficient (Wildman–Crippen LogP) is 4.15. The predicted molar refractivity (Wildman–Crippen MR) is 134 cm³/mol. The highest BCUT2D eigenvalue weighted by Gasteiger charge is 2.19. The number of nitrogens with zero attached hydrogens (tertiary/aromatic N) is 6. The number of nitrogens with one attached hydrogen (secondary N) is 1. The molecule has 1 saturated heterocycles. The maximum absolute atomic E-state index is 12.0. The molecule has 0 atom stereocenters. The van der Waals surface area contributed by atoms with Crippen molar-refractivity contribution in [2.75, 3.05) is 19.6 Å². The quantitative estimate of drug-likeness (QED) is 0.388. The van der Waals surface area contributed by atoms with Crippen molar-refractivity contribution in [1.82, 2.24) is 24.1 Å². The lowest BCUT2D eigenvalue weighted by atomic mass is 10.2. The van der Waals surface area contributed by atoms with Gasteiger partial charge in [-0.25, -0.2) is 0 Å². The first-order valence-corrected chi connectivity index (χ1v) is 11.8. The third-order valence-electron chi connectivity index (χ3n) is 6.23. The molecule has 0 unspecified atom stereocenters. The molecule has 5 rings (SSSR count). The van der Waals surface area contributed by atoms with E-state index in [0.717, 1.165) is 53.3 Å². The lowest BCUT2D eigenvalue weighted by molar-refractivity contribution is -0.134. The Morgan fingerprint density at radius 2 is 2.03 bits per heavy atom. The third-order valence-corrected chi connectivity index (χ3v) is 6.46. The number of likely N-dealkylation sites (tertiary alicyclic amines) is 1. The van der Waals surface area contributed by atoms with Gasteiger partial charge in [0.2, 0.25) is 5.91 Å². The van der Waals surface area contributed by atoms with E-state index in [9.17, 15) is 4.79 Å². The molecule has 0 saturated carbocycles. The number of rotatable bonds is 8. The van der Waals surface area contributed by atoms with Gasteiger partial charge in [0.05, 0.1) is 22.4 Å². The van der Waals surface area contributed by atoms with E-state index in [1.165, 1.54) is 0 Å². The number of carbonyl (C=O) groups excluding carboxylic acids is 1. The minimum Gasteiger partial charge on any atom is -0.343 e. The number of hydrogen-bond acceptors (Lipinski definition) is 5. The number of fused-ring (bicyclic) bond motifs is 3. The van der Waals surface area contributed by atoms with Gasteiger partial charge in [-0.15, -0.1) is 10.2 Å². The summed E-state index contributed by atoms with van der Waals surface area (Å²) in [5, 5.41) is 17.9. The molecule has 1 fully saturated rings. The van der Waals surface area contributed by atoms with Crippen molar-refractivity contribution < 1.29 is 4.79 Å². The number of carbonyl (C=O) groups is 1. The van der Waals surface area contributed by atoms with Gasteiger partial charge in [0, 0.05) is 50.3 Å². The minimum absolute atomic E-state index is 0.161. The Balaban J connectivity index is 1.41. The van der Waals surface area contributed by atoms with Crippen molar-refractivity contribution >= 4 is 46.1 Å². The first kappa shape index (κ1) is 22.3. The standard InChI is InChI=1S/C25H26ClN7O/c1-17-29-30-24-7-6-21-23(33(17)24)15-22(32(21)16-18-4-2-5-19(26)14-18)20(27)8-10-28-11-9-25(34)31-12-3-13-31/h2,4-7,10,14-15,27H,3,8-9,11-13,16H2,1H3. The molecule has 9 heteroatoms. The molecule has 8 nitrogen and oxygen atoms in total. The van der Waals surface area contributed by atoms with Crippen molar-refractivity contribution in [1.29, 1.82) is 5.41 Å². The van der Waals surface area contributed by atoms with Crippen LogP contribution in [-0.2, 0) is 11.3 Å². The highest BCUT2D eigenvalue weighted by molar-refractivity contribution is 6.30. The van der Waals surface area contributed by atoms with Gasteiger partial charge in [0.15, 0.2) is 5.65 Å². The highest BCUT2D eigenvalue weighted by atomic mass is 35.5. The molecule has 1 N–H and O–H groups in total. The van der Waals surface area contributed by atoms with Gasteiger partial charge < -0.3 is 14.9 Å². The molecular formula is C25H26ClN7O. The van der Waals surface area contributed by atoms with Gasteiger partial charge in [-0.1, -0.05) is 23.7 Å². The Morgan fingerprint density at radius 1 is 1.18 bits per heavy atom. The Kier molecular flexibility index (Phi) is 6.15. The van der Waals surface area contributed by atoms with E-state index in [4.69, 9.17) is 17.0 Å².